The predicted octanol–water partition coefficient (Wildman–Crippen LogP) is 3.05. The lowest BCUT2D eigenvalue weighted by Crippen LogP contribution is -2.21. The zero-order valence-corrected chi connectivity index (χ0v) is 12.0. The van der Waals surface area contributed by atoms with E-state index in [1.54, 1.807) is 7.11 Å². The van der Waals surface area contributed by atoms with Gasteiger partial charge in [0.25, 0.3) is 0 Å². The second-order valence-electron chi connectivity index (χ2n) is 5.33. The normalized spacial score (nSPS) is 18.7. The average Bonchev–Trinajstić information content (AvgIpc) is 2.98. The number of carbonyl (C=O) groups is 1. The van der Waals surface area contributed by atoms with Gasteiger partial charge < -0.3 is 9.26 Å². The Balaban J connectivity index is 1.78. The molecule has 5 nitrogen and oxygen atoms in total. The topological polar surface area (TPSA) is 65.2 Å². The maximum atomic E-state index is 11.9. The van der Waals surface area contributed by atoms with Crippen molar-refractivity contribution >= 4 is 5.78 Å². The number of rotatable bonds is 4. The Hall–Kier alpha value is -2.17. The lowest BCUT2D eigenvalue weighted by atomic mass is 9.86. The van der Waals surface area contributed by atoms with Gasteiger partial charge in [-0.25, -0.2) is 0 Å². The molecule has 1 heterocycles. The first kappa shape index (κ1) is 13.8. The third kappa shape index (κ3) is 2.96. The maximum Gasteiger partial charge on any atom is 0.227 e. The zero-order chi connectivity index (χ0) is 14.7. The van der Waals surface area contributed by atoms with E-state index in [1.165, 1.54) is 0 Å². The highest BCUT2D eigenvalue weighted by Crippen LogP contribution is 2.28. The van der Waals surface area contributed by atoms with Crippen LogP contribution >= 0.6 is 0 Å². The summed E-state index contributed by atoms with van der Waals surface area (Å²) in [5, 5.41) is 4.01. The van der Waals surface area contributed by atoms with E-state index in [2.05, 4.69) is 10.1 Å². The summed E-state index contributed by atoms with van der Waals surface area (Å²) in [6.45, 7) is 0. The van der Waals surface area contributed by atoms with Gasteiger partial charge in [-0.15, -0.1) is 0 Å². The molecule has 3 rings (SSSR count). The number of aromatic nitrogens is 2. The number of ketones is 1. The number of benzene rings is 1. The van der Waals surface area contributed by atoms with Crippen LogP contribution in [0.1, 0.15) is 31.6 Å². The van der Waals surface area contributed by atoms with Crippen LogP contribution in [-0.4, -0.2) is 23.0 Å². The number of carbonyl (C=O) groups excluding carboxylic acids is 1. The number of nitrogens with zero attached hydrogens (tertiary/aromatic N) is 2. The largest absolute Gasteiger partial charge is 0.496 e. The molecule has 1 aromatic carbocycles. The molecule has 0 bridgehead atoms. The quantitative estimate of drug-likeness (QED) is 0.864. The average molecular weight is 286 g/mol. The summed E-state index contributed by atoms with van der Waals surface area (Å²) in [6.07, 6.45) is 4.25. The Morgan fingerprint density at radius 1 is 1.33 bits per heavy atom. The van der Waals surface area contributed by atoms with E-state index in [4.69, 9.17) is 9.26 Å². The molecule has 1 aliphatic carbocycles. The first-order valence-electron chi connectivity index (χ1n) is 7.26. The van der Waals surface area contributed by atoms with E-state index < -0.39 is 0 Å². The molecule has 0 radical (unpaired) electrons. The van der Waals surface area contributed by atoms with E-state index in [0.717, 1.165) is 24.8 Å². The molecule has 0 saturated heterocycles. The molecule has 1 aromatic heterocycles. The van der Waals surface area contributed by atoms with Gasteiger partial charge in [0.2, 0.25) is 11.7 Å². The minimum atomic E-state index is 0.0321. The Kier molecular flexibility index (Phi) is 3.99. The molecule has 0 aliphatic heterocycles. The second kappa shape index (κ2) is 6.08. The van der Waals surface area contributed by atoms with Crippen LogP contribution in [0.25, 0.3) is 11.4 Å². The summed E-state index contributed by atoms with van der Waals surface area (Å²) in [4.78, 5) is 16.3. The van der Waals surface area contributed by atoms with Gasteiger partial charge in [0, 0.05) is 18.8 Å². The van der Waals surface area contributed by atoms with Crippen LogP contribution < -0.4 is 4.74 Å². The van der Waals surface area contributed by atoms with Crippen molar-refractivity contribution in [2.75, 3.05) is 7.11 Å². The Bertz CT molecular complexity index is 636. The van der Waals surface area contributed by atoms with Crippen LogP contribution in [0.3, 0.4) is 0 Å². The van der Waals surface area contributed by atoms with Crippen LogP contribution in [0.5, 0.6) is 5.75 Å². The van der Waals surface area contributed by atoms with E-state index in [9.17, 15) is 4.79 Å². The highest BCUT2D eigenvalue weighted by Gasteiger charge is 2.25. The number of ether oxygens (including phenoxy) is 1. The number of methoxy groups -OCH3 is 1. The molecule has 0 N–H and O–H groups in total. The van der Waals surface area contributed by atoms with Gasteiger partial charge in [-0.2, -0.15) is 4.98 Å². The number of hydrogen-bond acceptors (Lipinski definition) is 5. The van der Waals surface area contributed by atoms with Gasteiger partial charge in [-0.1, -0.05) is 23.7 Å². The lowest BCUT2D eigenvalue weighted by molar-refractivity contribution is -0.124. The van der Waals surface area contributed by atoms with Crippen molar-refractivity contribution in [2.24, 2.45) is 5.92 Å². The van der Waals surface area contributed by atoms with Crippen LogP contribution in [0.15, 0.2) is 28.8 Å². The summed E-state index contributed by atoms with van der Waals surface area (Å²) in [5.74, 6) is 2.09. The zero-order valence-electron chi connectivity index (χ0n) is 12.0. The monoisotopic (exact) mass is 286 g/mol. The smallest absolute Gasteiger partial charge is 0.227 e. The van der Waals surface area contributed by atoms with Crippen LogP contribution in [0.2, 0.25) is 0 Å². The fourth-order valence-corrected chi connectivity index (χ4v) is 2.76. The number of Topliss-reactive ketones (excluding diaryl/α,β-unsaturated/α-hetero) is 1. The van der Waals surface area contributed by atoms with Gasteiger partial charge in [0.1, 0.15) is 11.5 Å². The summed E-state index contributed by atoms with van der Waals surface area (Å²) >= 11 is 0. The number of hydrogen-bond donors (Lipinski definition) is 0. The molecule has 1 atom stereocenters. The van der Waals surface area contributed by atoms with Crippen LogP contribution in [0.4, 0.5) is 0 Å². The van der Waals surface area contributed by atoms with Gasteiger partial charge in [-0.05, 0) is 25.0 Å². The summed E-state index contributed by atoms with van der Waals surface area (Å²) < 4.78 is 10.6. The molecule has 1 saturated carbocycles. The highest BCUT2D eigenvalue weighted by atomic mass is 16.5. The summed E-state index contributed by atoms with van der Waals surface area (Å²) in [7, 11) is 1.61. The molecule has 1 fully saturated rings. The summed E-state index contributed by atoms with van der Waals surface area (Å²) in [5.41, 5.74) is 0.796. The Morgan fingerprint density at radius 3 is 3.00 bits per heavy atom. The molecule has 5 heteroatoms. The molecular formula is C16H18N2O3. The van der Waals surface area contributed by atoms with Crippen molar-refractivity contribution in [3.8, 4) is 17.1 Å². The first-order chi connectivity index (χ1) is 10.3. The predicted molar refractivity (Wildman–Crippen MR) is 77.0 cm³/mol. The number of para-hydroxylation sites is 1. The molecule has 0 spiro atoms. The third-order valence-corrected chi connectivity index (χ3v) is 3.92. The van der Waals surface area contributed by atoms with Crippen molar-refractivity contribution in [2.45, 2.75) is 32.1 Å². The molecule has 1 unspecified atom stereocenters. The van der Waals surface area contributed by atoms with Gasteiger partial charge >= 0.3 is 0 Å². The van der Waals surface area contributed by atoms with E-state index in [0.29, 0.717) is 36.1 Å². The minimum absolute atomic E-state index is 0.0321. The van der Waals surface area contributed by atoms with Crippen LogP contribution in [-0.2, 0) is 11.2 Å². The maximum absolute atomic E-state index is 11.9. The third-order valence-electron chi connectivity index (χ3n) is 3.92. The van der Waals surface area contributed by atoms with Crippen molar-refractivity contribution in [1.82, 2.24) is 10.1 Å². The van der Waals surface area contributed by atoms with Crippen molar-refractivity contribution in [3.63, 3.8) is 0 Å². The molecular weight excluding hydrogens is 268 g/mol. The van der Waals surface area contributed by atoms with Crippen LogP contribution in [0, 0.1) is 5.92 Å². The molecule has 110 valence electrons. The van der Waals surface area contributed by atoms with Crippen molar-refractivity contribution in [3.05, 3.63) is 30.2 Å². The van der Waals surface area contributed by atoms with E-state index >= 15 is 0 Å². The van der Waals surface area contributed by atoms with Crippen molar-refractivity contribution in [1.29, 1.82) is 0 Å². The lowest BCUT2D eigenvalue weighted by Gasteiger charge is -2.18. The highest BCUT2D eigenvalue weighted by molar-refractivity contribution is 5.81. The fraction of sp³-hybridized carbons (Fsp3) is 0.438. The van der Waals surface area contributed by atoms with Crippen molar-refractivity contribution < 1.29 is 14.1 Å². The van der Waals surface area contributed by atoms with Gasteiger partial charge in [0.15, 0.2) is 0 Å². The second-order valence-corrected chi connectivity index (χ2v) is 5.33. The fourth-order valence-electron chi connectivity index (χ4n) is 2.76. The minimum Gasteiger partial charge on any atom is -0.496 e. The van der Waals surface area contributed by atoms with E-state index in [-0.39, 0.29) is 5.92 Å². The van der Waals surface area contributed by atoms with Gasteiger partial charge in [-0.3, -0.25) is 4.79 Å². The standard InChI is InChI=1S/C16H18N2O3/c1-20-14-9-5-3-7-12(14)16-17-15(21-18-16)10-11-6-2-4-8-13(11)19/h3,5,7,9,11H,2,4,6,8,10H2,1H3. The Labute approximate surface area is 123 Å². The first-order valence-corrected chi connectivity index (χ1v) is 7.26. The molecule has 1 aliphatic rings. The molecule has 0 amide bonds. The SMILES string of the molecule is COc1ccccc1-c1noc(CC2CCCCC2=O)n1. The van der Waals surface area contributed by atoms with E-state index in [1.807, 2.05) is 24.3 Å². The molecule has 21 heavy (non-hydrogen) atoms. The summed E-state index contributed by atoms with van der Waals surface area (Å²) in [6, 6.07) is 7.54. The van der Waals surface area contributed by atoms with Gasteiger partial charge in [0.05, 0.1) is 12.7 Å². The Morgan fingerprint density at radius 2 is 2.19 bits per heavy atom. The molecule has 2 aromatic rings.